The van der Waals surface area contributed by atoms with Gasteiger partial charge < -0.3 is 10.6 Å². The predicted octanol–water partition coefficient (Wildman–Crippen LogP) is 1.06. The van der Waals surface area contributed by atoms with Gasteiger partial charge in [-0.25, -0.2) is 8.42 Å². The molecule has 0 unspecified atom stereocenters. The SMILES string of the molecule is CCCN(C(=O)CS(C)(=O)=O)c1ccccc1N. The van der Waals surface area contributed by atoms with Crippen LogP contribution in [0.1, 0.15) is 13.3 Å². The van der Waals surface area contributed by atoms with Crippen molar-refractivity contribution in [1.29, 1.82) is 0 Å². The van der Waals surface area contributed by atoms with Crippen LogP contribution in [0.25, 0.3) is 0 Å². The number of carbonyl (C=O) groups excluding carboxylic acids is 1. The van der Waals surface area contributed by atoms with Gasteiger partial charge in [-0.05, 0) is 18.6 Å². The number of amides is 1. The number of anilines is 2. The smallest absolute Gasteiger partial charge is 0.242 e. The van der Waals surface area contributed by atoms with Crippen molar-refractivity contribution >= 4 is 27.1 Å². The van der Waals surface area contributed by atoms with Crippen molar-refractivity contribution in [2.45, 2.75) is 13.3 Å². The lowest BCUT2D eigenvalue weighted by molar-refractivity contribution is -0.116. The lowest BCUT2D eigenvalue weighted by Crippen LogP contribution is -2.36. The number of carbonyl (C=O) groups is 1. The van der Waals surface area contributed by atoms with Gasteiger partial charge in [0, 0.05) is 12.8 Å². The molecule has 5 nitrogen and oxygen atoms in total. The van der Waals surface area contributed by atoms with E-state index in [1.54, 1.807) is 24.3 Å². The van der Waals surface area contributed by atoms with Crippen molar-refractivity contribution in [1.82, 2.24) is 0 Å². The van der Waals surface area contributed by atoms with Crippen LogP contribution in [0.4, 0.5) is 11.4 Å². The van der Waals surface area contributed by atoms with Crippen LogP contribution in [-0.4, -0.2) is 32.9 Å². The molecular formula is C12H18N2O3S. The molecule has 0 spiro atoms. The van der Waals surface area contributed by atoms with Crippen molar-refractivity contribution in [3.05, 3.63) is 24.3 Å². The van der Waals surface area contributed by atoms with Crippen LogP contribution in [0, 0.1) is 0 Å². The van der Waals surface area contributed by atoms with Gasteiger partial charge in [-0.2, -0.15) is 0 Å². The highest BCUT2D eigenvalue weighted by Crippen LogP contribution is 2.23. The van der Waals surface area contributed by atoms with Gasteiger partial charge in [0.25, 0.3) is 0 Å². The first-order valence-corrected chi connectivity index (χ1v) is 7.74. The fourth-order valence-corrected chi connectivity index (χ4v) is 2.24. The minimum atomic E-state index is -3.34. The standard InChI is InChI=1S/C12H18N2O3S/c1-3-8-14(12(15)9-18(2,16)17)11-7-5-4-6-10(11)13/h4-7H,3,8-9,13H2,1-2H3. The van der Waals surface area contributed by atoms with E-state index in [1.165, 1.54) is 4.90 Å². The Morgan fingerprint density at radius 2 is 1.94 bits per heavy atom. The number of hydrogen-bond donors (Lipinski definition) is 1. The van der Waals surface area contributed by atoms with Crippen LogP contribution in [0.5, 0.6) is 0 Å². The number of nitrogens with zero attached hydrogens (tertiary/aromatic N) is 1. The van der Waals surface area contributed by atoms with Crippen LogP contribution < -0.4 is 10.6 Å². The number of nitrogens with two attached hydrogens (primary N) is 1. The Morgan fingerprint density at radius 1 is 1.33 bits per heavy atom. The summed E-state index contributed by atoms with van der Waals surface area (Å²) in [6.07, 6.45) is 1.77. The molecule has 0 aliphatic heterocycles. The molecular weight excluding hydrogens is 252 g/mol. The molecule has 0 radical (unpaired) electrons. The Morgan fingerprint density at radius 3 is 2.44 bits per heavy atom. The molecule has 0 heterocycles. The molecule has 100 valence electrons. The zero-order chi connectivity index (χ0) is 13.8. The Balaban J connectivity index is 3.03. The van der Waals surface area contributed by atoms with Crippen LogP contribution in [0.2, 0.25) is 0 Å². The van der Waals surface area contributed by atoms with Crippen molar-refractivity contribution in [2.75, 3.05) is 29.2 Å². The third kappa shape index (κ3) is 4.03. The van der Waals surface area contributed by atoms with E-state index in [4.69, 9.17) is 5.73 Å². The molecule has 6 heteroatoms. The molecule has 0 aromatic heterocycles. The molecule has 1 rings (SSSR count). The Labute approximate surface area is 108 Å². The number of sulfone groups is 1. The molecule has 0 saturated heterocycles. The van der Waals surface area contributed by atoms with Crippen molar-refractivity contribution < 1.29 is 13.2 Å². The summed E-state index contributed by atoms with van der Waals surface area (Å²) in [7, 11) is -3.34. The topological polar surface area (TPSA) is 80.5 Å². The summed E-state index contributed by atoms with van der Waals surface area (Å²) < 4.78 is 22.4. The number of nitrogen functional groups attached to an aromatic ring is 1. The zero-order valence-electron chi connectivity index (χ0n) is 10.6. The van der Waals surface area contributed by atoms with E-state index in [0.717, 1.165) is 12.7 Å². The van der Waals surface area contributed by atoms with Gasteiger partial charge in [0.15, 0.2) is 9.84 Å². The second kappa shape index (κ2) is 5.86. The summed E-state index contributed by atoms with van der Waals surface area (Å²) in [5, 5.41) is 0. The summed E-state index contributed by atoms with van der Waals surface area (Å²) in [6, 6.07) is 6.93. The largest absolute Gasteiger partial charge is 0.397 e. The van der Waals surface area contributed by atoms with Crippen molar-refractivity contribution in [3.63, 3.8) is 0 Å². The molecule has 1 amide bonds. The first-order valence-electron chi connectivity index (χ1n) is 5.67. The third-order valence-electron chi connectivity index (χ3n) is 2.36. The van der Waals surface area contributed by atoms with E-state index in [0.29, 0.717) is 17.9 Å². The van der Waals surface area contributed by atoms with Gasteiger partial charge in [0.1, 0.15) is 5.75 Å². The highest BCUT2D eigenvalue weighted by Gasteiger charge is 2.20. The van der Waals surface area contributed by atoms with Crippen molar-refractivity contribution in [2.24, 2.45) is 0 Å². The average molecular weight is 270 g/mol. The van der Waals surface area contributed by atoms with Gasteiger partial charge in [0.2, 0.25) is 5.91 Å². The number of hydrogen-bond acceptors (Lipinski definition) is 4. The molecule has 1 aromatic rings. The minimum Gasteiger partial charge on any atom is -0.397 e. The van der Waals surface area contributed by atoms with Gasteiger partial charge in [-0.1, -0.05) is 19.1 Å². The van der Waals surface area contributed by atoms with Gasteiger partial charge in [0.05, 0.1) is 11.4 Å². The fraction of sp³-hybridized carbons (Fsp3) is 0.417. The highest BCUT2D eigenvalue weighted by molar-refractivity contribution is 7.91. The van der Waals surface area contributed by atoms with Gasteiger partial charge >= 0.3 is 0 Å². The van der Waals surface area contributed by atoms with E-state index in [1.807, 2.05) is 6.92 Å². The van der Waals surface area contributed by atoms with Crippen molar-refractivity contribution in [3.8, 4) is 0 Å². The molecule has 2 N–H and O–H groups in total. The van der Waals surface area contributed by atoms with Crippen LogP contribution in [-0.2, 0) is 14.6 Å². The average Bonchev–Trinajstić information content (AvgIpc) is 2.24. The second-order valence-electron chi connectivity index (χ2n) is 4.17. The normalized spacial score (nSPS) is 11.2. The maximum atomic E-state index is 12.0. The van der Waals surface area contributed by atoms with Gasteiger partial charge in [-0.3, -0.25) is 4.79 Å². The van der Waals surface area contributed by atoms with E-state index in [-0.39, 0.29) is 0 Å². The monoisotopic (exact) mass is 270 g/mol. The summed E-state index contributed by atoms with van der Waals surface area (Å²) in [6.45, 7) is 2.36. The maximum absolute atomic E-state index is 12.0. The molecule has 0 atom stereocenters. The molecule has 18 heavy (non-hydrogen) atoms. The summed E-state index contributed by atoms with van der Waals surface area (Å²) in [4.78, 5) is 13.4. The Bertz CT molecular complexity index is 526. The van der Waals surface area contributed by atoms with E-state index >= 15 is 0 Å². The van der Waals surface area contributed by atoms with E-state index in [9.17, 15) is 13.2 Å². The maximum Gasteiger partial charge on any atom is 0.242 e. The molecule has 0 saturated carbocycles. The summed E-state index contributed by atoms with van der Waals surface area (Å²) in [5.41, 5.74) is 6.84. The summed E-state index contributed by atoms with van der Waals surface area (Å²) >= 11 is 0. The minimum absolute atomic E-state index is 0.447. The predicted molar refractivity (Wildman–Crippen MR) is 73.2 cm³/mol. The molecule has 0 aliphatic carbocycles. The first-order chi connectivity index (χ1) is 8.35. The van der Waals surface area contributed by atoms with E-state index < -0.39 is 21.5 Å². The number of rotatable bonds is 5. The number of benzene rings is 1. The van der Waals surface area contributed by atoms with Crippen LogP contribution >= 0.6 is 0 Å². The molecule has 0 fully saturated rings. The highest BCUT2D eigenvalue weighted by atomic mass is 32.2. The molecule has 0 bridgehead atoms. The molecule has 1 aromatic carbocycles. The second-order valence-corrected chi connectivity index (χ2v) is 6.31. The van der Waals surface area contributed by atoms with Crippen LogP contribution in [0.3, 0.4) is 0 Å². The fourth-order valence-electron chi connectivity index (χ4n) is 1.64. The Hall–Kier alpha value is -1.56. The lowest BCUT2D eigenvalue weighted by atomic mass is 10.2. The molecule has 0 aliphatic rings. The Kier molecular flexibility index (Phi) is 4.72. The quantitative estimate of drug-likeness (QED) is 0.811. The first kappa shape index (κ1) is 14.5. The lowest BCUT2D eigenvalue weighted by Gasteiger charge is -2.23. The van der Waals surface area contributed by atoms with E-state index in [2.05, 4.69) is 0 Å². The zero-order valence-corrected chi connectivity index (χ0v) is 11.4. The third-order valence-corrected chi connectivity index (χ3v) is 3.13. The number of para-hydroxylation sites is 2. The van der Waals surface area contributed by atoms with Gasteiger partial charge in [-0.15, -0.1) is 0 Å². The summed E-state index contributed by atoms with van der Waals surface area (Å²) in [5.74, 6) is -0.946. The van der Waals surface area contributed by atoms with Crippen LogP contribution in [0.15, 0.2) is 24.3 Å².